The Labute approximate surface area is 188 Å². The number of amides is 1. The number of H-pyrrole nitrogens is 1. The van der Waals surface area contributed by atoms with E-state index in [4.69, 9.17) is 16.1 Å². The van der Waals surface area contributed by atoms with E-state index in [1.807, 2.05) is 30.3 Å². The lowest BCUT2D eigenvalue weighted by Crippen LogP contribution is -2.26. The lowest BCUT2D eigenvalue weighted by molar-refractivity contribution is -0.121. The number of anilines is 1. The van der Waals surface area contributed by atoms with Crippen LogP contribution in [-0.4, -0.2) is 39.3 Å². The predicted molar refractivity (Wildman–Crippen MR) is 122 cm³/mol. The summed E-state index contributed by atoms with van der Waals surface area (Å²) in [5.41, 5.74) is 0.575. The molecule has 0 saturated carbocycles. The fourth-order valence-corrected chi connectivity index (χ4v) is 3.28. The summed E-state index contributed by atoms with van der Waals surface area (Å²) in [7, 11) is 0. The number of rotatable bonds is 9. The van der Waals surface area contributed by atoms with Gasteiger partial charge in [0.15, 0.2) is 5.82 Å². The number of nitrogens with zero attached hydrogens (tertiary/aromatic N) is 3. The molecule has 0 aliphatic carbocycles. The number of aromatic amines is 1. The van der Waals surface area contributed by atoms with Crippen LogP contribution in [0.25, 0.3) is 22.2 Å². The molecule has 32 heavy (non-hydrogen) atoms. The molecule has 0 fully saturated rings. The summed E-state index contributed by atoms with van der Waals surface area (Å²) in [6, 6.07) is 14.4. The molecule has 0 atom stereocenters. The first-order valence-electron chi connectivity index (χ1n) is 10.2. The van der Waals surface area contributed by atoms with E-state index in [9.17, 15) is 9.59 Å². The molecule has 3 N–H and O–H groups in total. The van der Waals surface area contributed by atoms with Gasteiger partial charge in [-0.1, -0.05) is 35.0 Å². The minimum Gasteiger partial charge on any atom is -0.368 e. The third-order valence-electron chi connectivity index (χ3n) is 4.80. The van der Waals surface area contributed by atoms with E-state index >= 15 is 0 Å². The van der Waals surface area contributed by atoms with Crippen LogP contribution in [0.5, 0.6) is 0 Å². The van der Waals surface area contributed by atoms with Crippen LogP contribution in [-0.2, 0) is 11.2 Å². The molecule has 0 spiro atoms. The van der Waals surface area contributed by atoms with Gasteiger partial charge < -0.3 is 15.2 Å². The Bertz CT molecular complexity index is 1270. The van der Waals surface area contributed by atoms with Crippen molar-refractivity contribution in [3.63, 3.8) is 0 Å². The van der Waals surface area contributed by atoms with Crippen molar-refractivity contribution in [2.75, 3.05) is 18.4 Å². The number of nitrogens with one attached hydrogen (secondary N) is 3. The normalized spacial score (nSPS) is 10.9. The Morgan fingerprint density at radius 1 is 1.06 bits per heavy atom. The van der Waals surface area contributed by atoms with Crippen molar-refractivity contribution in [1.29, 1.82) is 0 Å². The molecule has 2 aromatic carbocycles. The molecule has 1 amide bonds. The number of carbonyl (C=O) groups excluding carboxylic acids is 1. The van der Waals surface area contributed by atoms with Gasteiger partial charge >= 0.3 is 0 Å². The van der Waals surface area contributed by atoms with Crippen LogP contribution in [0.3, 0.4) is 0 Å². The average molecular weight is 453 g/mol. The Balaban J connectivity index is 1.18. The quantitative estimate of drug-likeness (QED) is 0.333. The highest BCUT2D eigenvalue weighted by Gasteiger charge is 2.11. The Hall–Kier alpha value is -3.72. The van der Waals surface area contributed by atoms with E-state index in [1.165, 1.54) is 0 Å². The number of fused-ring (bicyclic) bond motifs is 1. The highest BCUT2D eigenvalue weighted by Crippen LogP contribution is 2.19. The number of hydrogen-bond acceptors (Lipinski definition) is 7. The summed E-state index contributed by atoms with van der Waals surface area (Å²) in [5.74, 6) is 1.39. The van der Waals surface area contributed by atoms with Gasteiger partial charge in [-0.25, -0.2) is 5.10 Å². The minimum absolute atomic E-state index is 0.0936. The predicted octanol–water partition coefficient (Wildman–Crippen LogP) is 3.18. The van der Waals surface area contributed by atoms with Gasteiger partial charge in [0.05, 0.1) is 5.39 Å². The number of aryl methyl sites for hydroxylation is 1. The Morgan fingerprint density at radius 2 is 1.84 bits per heavy atom. The van der Waals surface area contributed by atoms with Crippen LogP contribution in [0.2, 0.25) is 5.02 Å². The Kier molecular flexibility index (Phi) is 6.76. The van der Waals surface area contributed by atoms with E-state index in [0.717, 1.165) is 10.9 Å². The zero-order chi connectivity index (χ0) is 22.3. The van der Waals surface area contributed by atoms with Crippen LogP contribution in [0, 0.1) is 0 Å². The second-order valence-corrected chi connectivity index (χ2v) is 7.53. The number of hydrogen-bond donors (Lipinski definition) is 3. The van der Waals surface area contributed by atoms with Crippen LogP contribution >= 0.6 is 11.6 Å². The third-order valence-corrected chi connectivity index (χ3v) is 5.05. The molecule has 0 aliphatic heterocycles. The van der Waals surface area contributed by atoms with Crippen LogP contribution in [0.1, 0.15) is 18.7 Å². The summed E-state index contributed by atoms with van der Waals surface area (Å²) >= 11 is 5.88. The zero-order valence-electron chi connectivity index (χ0n) is 17.1. The van der Waals surface area contributed by atoms with Crippen LogP contribution in [0.4, 0.5) is 5.82 Å². The van der Waals surface area contributed by atoms with Gasteiger partial charge in [-0.15, -0.1) is 0 Å². The van der Waals surface area contributed by atoms with E-state index < -0.39 is 0 Å². The fourth-order valence-electron chi connectivity index (χ4n) is 3.15. The molecular formula is C22H21ClN6O3. The van der Waals surface area contributed by atoms with Crippen molar-refractivity contribution in [2.45, 2.75) is 19.3 Å². The van der Waals surface area contributed by atoms with Crippen molar-refractivity contribution >= 4 is 34.1 Å². The highest BCUT2D eigenvalue weighted by atomic mass is 35.5. The molecule has 0 saturated heterocycles. The minimum atomic E-state index is -0.222. The molecular weight excluding hydrogens is 432 g/mol. The topological polar surface area (TPSA) is 126 Å². The first kappa shape index (κ1) is 21.5. The first-order chi connectivity index (χ1) is 15.6. The molecule has 164 valence electrons. The van der Waals surface area contributed by atoms with E-state index in [-0.39, 0.29) is 17.9 Å². The summed E-state index contributed by atoms with van der Waals surface area (Å²) in [6.45, 7) is 1.10. The van der Waals surface area contributed by atoms with Gasteiger partial charge in [0, 0.05) is 41.9 Å². The number of carbonyl (C=O) groups is 1. The molecule has 4 rings (SSSR count). The van der Waals surface area contributed by atoms with Gasteiger partial charge in [0.25, 0.3) is 5.56 Å². The summed E-state index contributed by atoms with van der Waals surface area (Å²) < 4.78 is 5.22. The second kappa shape index (κ2) is 10.1. The lowest BCUT2D eigenvalue weighted by atomic mass is 10.2. The number of benzene rings is 2. The monoisotopic (exact) mass is 452 g/mol. The first-order valence-corrected chi connectivity index (χ1v) is 10.5. The van der Waals surface area contributed by atoms with Gasteiger partial charge in [-0.2, -0.15) is 10.1 Å². The highest BCUT2D eigenvalue weighted by molar-refractivity contribution is 6.30. The molecule has 0 unspecified atom stereocenters. The summed E-state index contributed by atoms with van der Waals surface area (Å²) in [4.78, 5) is 28.2. The van der Waals surface area contributed by atoms with Gasteiger partial charge in [-0.05, 0) is 36.8 Å². The van der Waals surface area contributed by atoms with Crippen molar-refractivity contribution in [3.05, 3.63) is 69.8 Å². The summed E-state index contributed by atoms with van der Waals surface area (Å²) in [6.07, 6.45) is 1.31. The number of aromatic nitrogens is 4. The molecule has 10 heteroatoms. The number of halogens is 1. The molecule has 0 aliphatic rings. The van der Waals surface area contributed by atoms with Crippen molar-refractivity contribution in [3.8, 4) is 11.4 Å². The van der Waals surface area contributed by atoms with Gasteiger partial charge in [-0.3, -0.25) is 9.59 Å². The molecule has 2 heterocycles. The molecule has 4 aromatic rings. The molecule has 9 nitrogen and oxygen atoms in total. The maximum atomic E-state index is 12.1. The SMILES string of the molecule is O=C(CCc1nc(-c2ccc(Cl)cc2)no1)NCCCNc1n[nH]c(=O)c2ccccc12. The van der Waals surface area contributed by atoms with Crippen LogP contribution in [0.15, 0.2) is 57.8 Å². The Morgan fingerprint density at radius 3 is 2.66 bits per heavy atom. The molecule has 0 radical (unpaired) electrons. The maximum absolute atomic E-state index is 12.1. The van der Waals surface area contributed by atoms with Crippen molar-refractivity contribution in [1.82, 2.24) is 25.7 Å². The van der Waals surface area contributed by atoms with Gasteiger partial charge in [0.1, 0.15) is 0 Å². The van der Waals surface area contributed by atoms with Gasteiger partial charge in [0.2, 0.25) is 17.6 Å². The smallest absolute Gasteiger partial charge is 0.272 e. The maximum Gasteiger partial charge on any atom is 0.272 e. The average Bonchev–Trinajstić information content (AvgIpc) is 3.28. The summed E-state index contributed by atoms with van der Waals surface area (Å²) in [5, 5.41) is 18.5. The zero-order valence-corrected chi connectivity index (χ0v) is 17.9. The van der Waals surface area contributed by atoms with E-state index in [0.29, 0.717) is 53.9 Å². The van der Waals surface area contributed by atoms with Crippen LogP contribution < -0.4 is 16.2 Å². The largest absolute Gasteiger partial charge is 0.368 e. The lowest BCUT2D eigenvalue weighted by Gasteiger charge is -2.08. The molecule has 0 bridgehead atoms. The van der Waals surface area contributed by atoms with E-state index in [1.54, 1.807) is 18.2 Å². The standard InChI is InChI=1S/C22H21ClN6O3/c23-15-8-6-14(7-9-15)20-26-19(32-29-20)11-10-18(30)24-12-3-13-25-21-16-4-1-2-5-17(16)22(31)28-27-21/h1-2,4-9H,3,10-13H2,(H,24,30)(H,25,27)(H,28,31). The van der Waals surface area contributed by atoms with Crippen molar-refractivity contribution in [2.24, 2.45) is 0 Å². The fraction of sp³-hybridized carbons (Fsp3) is 0.227. The molecule has 2 aromatic heterocycles. The van der Waals surface area contributed by atoms with E-state index in [2.05, 4.69) is 31.0 Å². The third kappa shape index (κ3) is 5.30. The second-order valence-electron chi connectivity index (χ2n) is 7.10. The van der Waals surface area contributed by atoms with Crippen molar-refractivity contribution < 1.29 is 9.32 Å².